The van der Waals surface area contributed by atoms with Gasteiger partial charge in [-0.3, -0.25) is 4.90 Å². The van der Waals surface area contributed by atoms with Crippen molar-refractivity contribution >= 4 is 6.09 Å². The zero-order valence-corrected chi connectivity index (χ0v) is 21.4. The van der Waals surface area contributed by atoms with Crippen LogP contribution in [0.5, 0.6) is 0 Å². The summed E-state index contributed by atoms with van der Waals surface area (Å²) in [4.78, 5) is 14.3. The summed E-state index contributed by atoms with van der Waals surface area (Å²) in [5.74, 6) is 0. The average molecular weight is 442 g/mol. The number of aliphatic hydroxyl groups is 1. The Morgan fingerprint density at radius 2 is 1.42 bits per heavy atom. The summed E-state index contributed by atoms with van der Waals surface area (Å²) in [7, 11) is 0. The third-order valence-corrected chi connectivity index (χ3v) is 6.16. The molecule has 1 aliphatic rings. The maximum absolute atomic E-state index is 12.7. The molecule has 1 aliphatic heterocycles. The minimum absolute atomic E-state index is 0.345. The fraction of sp³-hybridized carbons (Fsp3) is 0.962. The molecule has 0 saturated carbocycles. The van der Waals surface area contributed by atoms with Crippen LogP contribution in [0.15, 0.2) is 0 Å². The second kappa shape index (κ2) is 14.4. The molecule has 184 valence electrons. The van der Waals surface area contributed by atoms with Gasteiger partial charge < -0.3 is 14.6 Å². The lowest BCUT2D eigenvalue weighted by atomic mass is 10.0. The summed E-state index contributed by atoms with van der Waals surface area (Å²) in [5, 5.41) is 10.7. The van der Waals surface area contributed by atoms with Crippen LogP contribution in [0.2, 0.25) is 0 Å². The third-order valence-electron chi connectivity index (χ3n) is 6.16. The first-order valence-electron chi connectivity index (χ1n) is 12.9. The lowest BCUT2D eigenvalue weighted by Crippen LogP contribution is -2.53. The second-order valence-electron chi connectivity index (χ2n) is 10.8. The molecule has 5 nitrogen and oxygen atoms in total. The Bertz CT molecular complexity index is 486. The minimum Gasteiger partial charge on any atom is -0.444 e. The molecular formula is C26H51NO4. The minimum atomic E-state index is -0.760. The van der Waals surface area contributed by atoms with Crippen LogP contribution in [-0.4, -0.2) is 46.2 Å². The maximum Gasteiger partial charge on any atom is 0.412 e. The van der Waals surface area contributed by atoms with E-state index in [9.17, 15) is 9.90 Å². The predicted molar refractivity (Wildman–Crippen MR) is 128 cm³/mol. The molecule has 0 aromatic carbocycles. The Morgan fingerprint density at radius 3 is 1.87 bits per heavy atom. The number of hydrogen-bond donors (Lipinski definition) is 1. The summed E-state index contributed by atoms with van der Waals surface area (Å²) in [6.07, 6.45) is 16.7. The molecule has 0 spiro atoms. The lowest BCUT2D eigenvalue weighted by Gasteiger charge is -2.36. The number of unbranched alkanes of at least 4 members (excludes halogenated alkanes) is 12. The van der Waals surface area contributed by atoms with E-state index >= 15 is 0 Å². The molecule has 1 heterocycles. The Balaban J connectivity index is 2.18. The van der Waals surface area contributed by atoms with Crippen molar-refractivity contribution in [3.63, 3.8) is 0 Å². The first kappa shape index (κ1) is 28.2. The van der Waals surface area contributed by atoms with Crippen molar-refractivity contribution in [2.45, 2.75) is 155 Å². The Kier molecular flexibility index (Phi) is 13.1. The van der Waals surface area contributed by atoms with Crippen LogP contribution in [-0.2, 0) is 9.47 Å². The SMILES string of the molecule is CCCCCCCCCCCCCCC[C@H](O)[C@@H]1COC(C)(C)N1C(=O)OC(C)(C)C. The van der Waals surface area contributed by atoms with Crippen molar-refractivity contribution in [1.29, 1.82) is 0 Å². The zero-order valence-electron chi connectivity index (χ0n) is 21.4. The monoisotopic (exact) mass is 441 g/mol. The van der Waals surface area contributed by atoms with Crippen molar-refractivity contribution in [3.8, 4) is 0 Å². The molecule has 0 aromatic rings. The molecule has 0 radical (unpaired) electrons. The van der Waals surface area contributed by atoms with Gasteiger partial charge in [-0.1, -0.05) is 90.4 Å². The Morgan fingerprint density at radius 1 is 0.968 bits per heavy atom. The van der Waals surface area contributed by atoms with Gasteiger partial charge in [0.25, 0.3) is 0 Å². The number of hydrogen-bond acceptors (Lipinski definition) is 4. The van der Waals surface area contributed by atoms with Gasteiger partial charge in [0.2, 0.25) is 0 Å². The molecule has 5 heteroatoms. The molecular weight excluding hydrogens is 390 g/mol. The maximum atomic E-state index is 12.7. The molecule has 2 atom stereocenters. The van der Waals surface area contributed by atoms with E-state index in [1.165, 1.54) is 70.6 Å². The third kappa shape index (κ3) is 11.6. The highest BCUT2D eigenvalue weighted by Crippen LogP contribution is 2.32. The summed E-state index contributed by atoms with van der Waals surface area (Å²) in [6, 6.07) is -0.345. The van der Waals surface area contributed by atoms with Gasteiger partial charge in [0.1, 0.15) is 11.3 Å². The number of nitrogens with zero attached hydrogens (tertiary/aromatic N) is 1. The molecule has 1 N–H and O–H groups in total. The first-order chi connectivity index (χ1) is 14.6. The fourth-order valence-corrected chi connectivity index (χ4v) is 4.35. The quantitative estimate of drug-likeness (QED) is 0.273. The van der Waals surface area contributed by atoms with Crippen LogP contribution < -0.4 is 0 Å². The van der Waals surface area contributed by atoms with Crippen molar-refractivity contribution in [2.75, 3.05) is 6.61 Å². The van der Waals surface area contributed by atoms with E-state index in [0.717, 1.165) is 12.8 Å². The number of ether oxygens (including phenoxy) is 2. The van der Waals surface area contributed by atoms with Gasteiger partial charge >= 0.3 is 6.09 Å². The predicted octanol–water partition coefficient (Wildman–Crippen LogP) is 7.20. The second-order valence-corrected chi connectivity index (χ2v) is 10.8. The lowest BCUT2D eigenvalue weighted by molar-refractivity contribution is -0.0681. The topological polar surface area (TPSA) is 59.0 Å². The van der Waals surface area contributed by atoms with Crippen LogP contribution in [0.25, 0.3) is 0 Å². The van der Waals surface area contributed by atoms with Crippen LogP contribution in [0.1, 0.15) is 131 Å². The van der Waals surface area contributed by atoms with Crippen LogP contribution in [0.3, 0.4) is 0 Å². The van der Waals surface area contributed by atoms with E-state index in [4.69, 9.17) is 9.47 Å². The van der Waals surface area contributed by atoms with E-state index < -0.39 is 23.5 Å². The number of amides is 1. The van der Waals surface area contributed by atoms with Crippen molar-refractivity contribution in [1.82, 2.24) is 4.90 Å². The van der Waals surface area contributed by atoms with Crippen LogP contribution in [0, 0.1) is 0 Å². The summed E-state index contributed by atoms with van der Waals surface area (Å²) < 4.78 is 11.4. The number of rotatable bonds is 15. The van der Waals surface area contributed by atoms with Crippen molar-refractivity contribution in [2.24, 2.45) is 0 Å². The highest BCUT2D eigenvalue weighted by molar-refractivity contribution is 5.69. The van der Waals surface area contributed by atoms with Gasteiger partial charge in [0.15, 0.2) is 0 Å². The Labute approximate surface area is 192 Å². The van der Waals surface area contributed by atoms with E-state index in [1.54, 1.807) is 4.90 Å². The highest BCUT2D eigenvalue weighted by Gasteiger charge is 2.48. The molecule has 0 aliphatic carbocycles. The standard InChI is InChI=1S/C26H51NO4/c1-7-8-9-10-11-12-13-14-15-16-17-18-19-20-23(28)22-21-30-26(5,6)27(22)24(29)31-25(2,3)4/h22-23,28H,7-21H2,1-6H3/t22-,23-/m0/s1. The Hall–Kier alpha value is -0.810. The van der Waals surface area contributed by atoms with Crippen molar-refractivity contribution in [3.05, 3.63) is 0 Å². The molecule has 1 fully saturated rings. The normalized spacial score (nSPS) is 19.6. The largest absolute Gasteiger partial charge is 0.444 e. The van der Waals surface area contributed by atoms with Gasteiger partial charge in [0.05, 0.1) is 18.8 Å². The van der Waals surface area contributed by atoms with E-state index in [2.05, 4.69) is 6.92 Å². The van der Waals surface area contributed by atoms with Crippen molar-refractivity contribution < 1.29 is 19.4 Å². The summed E-state index contributed by atoms with van der Waals surface area (Å²) in [6.45, 7) is 11.9. The highest BCUT2D eigenvalue weighted by atomic mass is 16.6. The van der Waals surface area contributed by atoms with Gasteiger partial charge in [-0.25, -0.2) is 4.79 Å². The molecule has 0 bridgehead atoms. The number of aliphatic hydroxyl groups excluding tert-OH is 1. The molecule has 1 amide bonds. The van der Waals surface area contributed by atoms with Gasteiger partial charge in [-0.05, 0) is 41.0 Å². The average Bonchev–Trinajstić information content (AvgIpc) is 2.99. The van der Waals surface area contributed by atoms with Gasteiger partial charge in [-0.2, -0.15) is 0 Å². The first-order valence-corrected chi connectivity index (χ1v) is 12.9. The molecule has 1 saturated heterocycles. The van der Waals surface area contributed by atoms with Gasteiger partial charge in [0, 0.05) is 0 Å². The zero-order chi connectivity index (χ0) is 23.3. The molecule has 0 aromatic heterocycles. The molecule has 31 heavy (non-hydrogen) atoms. The fourth-order valence-electron chi connectivity index (χ4n) is 4.35. The number of carbonyl (C=O) groups is 1. The van der Waals surface area contributed by atoms with E-state index in [-0.39, 0.29) is 6.04 Å². The van der Waals surface area contributed by atoms with E-state index in [1.807, 2.05) is 34.6 Å². The smallest absolute Gasteiger partial charge is 0.412 e. The van der Waals surface area contributed by atoms with Crippen LogP contribution in [0.4, 0.5) is 4.79 Å². The summed E-state index contributed by atoms with van der Waals surface area (Å²) in [5.41, 5.74) is -1.33. The molecule has 1 rings (SSSR count). The van der Waals surface area contributed by atoms with Crippen LogP contribution >= 0.6 is 0 Å². The summed E-state index contributed by atoms with van der Waals surface area (Å²) >= 11 is 0. The van der Waals surface area contributed by atoms with E-state index in [0.29, 0.717) is 13.0 Å². The number of carbonyl (C=O) groups excluding carboxylic acids is 1. The molecule has 0 unspecified atom stereocenters. The van der Waals surface area contributed by atoms with Gasteiger partial charge in [-0.15, -0.1) is 0 Å².